The lowest BCUT2D eigenvalue weighted by molar-refractivity contribution is -0.171. The van der Waals surface area contributed by atoms with Crippen LogP contribution in [0.5, 0.6) is 0 Å². The predicted octanol–water partition coefficient (Wildman–Crippen LogP) is 0.0838. The van der Waals surface area contributed by atoms with Crippen LogP contribution < -0.4 is 0 Å². The Morgan fingerprint density at radius 1 is 0.592 bits per heavy atom. The Morgan fingerprint density at radius 2 is 0.939 bits per heavy atom. The van der Waals surface area contributed by atoms with Crippen molar-refractivity contribution >= 4 is 38.7 Å². The molecule has 0 aliphatic heterocycles. The van der Waals surface area contributed by atoms with E-state index in [9.17, 15) is 43.5 Å². The molecule has 0 spiro atoms. The second-order valence-corrected chi connectivity index (χ2v) is 13.7. The van der Waals surface area contributed by atoms with Crippen LogP contribution in [-0.4, -0.2) is 123 Å². The first-order valence-corrected chi connectivity index (χ1v) is 17.1. The Morgan fingerprint density at radius 3 is 1.27 bits per heavy atom. The molecule has 0 heterocycles. The Kier molecular flexibility index (Phi) is 18.6. The molecule has 3 unspecified atom stereocenters. The lowest BCUT2D eigenvalue weighted by Gasteiger charge is -2.36. The Labute approximate surface area is 285 Å². The highest BCUT2D eigenvalue weighted by Crippen LogP contribution is 2.34. The summed E-state index contributed by atoms with van der Waals surface area (Å²) in [4.78, 5) is 88.3. The van der Waals surface area contributed by atoms with E-state index in [4.69, 9.17) is 33.2 Å². The number of esters is 5. The van der Waals surface area contributed by atoms with Gasteiger partial charge in [0.25, 0.3) is 0 Å². The largest absolute Gasteiger partial charge is 0.492 e. The summed E-state index contributed by atoms with van der Waals surface area (Å²) in [6.07, 6.45) is 3.46. The van der Waals surface area contributed by atoms with Gasteiger partial charge in [0.05, 0.1) is 42.9 Å². The second kappa shape index (κ2) is 21.2. The number of aliphatic hydroxyl groups excluding tert-OH is 1. The van der Waals surface area contributed by atoms with E-state index in [1.54, 1.807) is 0 Å². The van der Waals surface area contributed by atoms with Crippen LogP contribution in [0.25, 0.3) is 0 Å². The molecule has 0 radical (unpaired) electrons. The quantitative estimate of drug-likeness (QED) is 0.0425. The Balaban J connectivity index is 3.39. The van der Waals surface area contributed by atoms with Crippen LogP contribution in [0.15, 0.2) is 63.3 Å². The fourth-order valence-corrected chi connectivity index (χ4v) is 5.37. The molecule has 0 aromatic rings. The van der Waals surface area contributed by atoms with Gasteiger partial charge in [-0.15, -0.1) is 0 Å². The van der Waals surface area contributed by atoms with E-state index in [2.05, 4.69) is 32.9 Å². The van der Waals surface area contributed by atoms with E-state index in [1.807, 2.05) is 0 Å². The van der Waals surface area contributed by atoms with E-state index in [0.29, 0.717) is 0 Å². The zero-order chi connectivity index (χ0) is 37.1. The molecule has 1 aliphatic carbocycles. The highest BCUT2D eigenvalue weighted by Gasteiger charge is 2.42. The number of aliphatic hydroxyl groups is 1. The summed E-state index contributed by atoms with van der Waals surface area (Å²) >= 11 is 0. The summed E-state index contributed by atoms with van der Waals surface area (Å²) in [5.41, 5.74) is -2.98. The maximum absolute atomic E-state index is 12.1. The lowest BCUT2D eigenvalue weighted by Crippen LogP contribution is -2.47. The van der Waals surface area contributed by atoms with Crippen molar-refractivity contribution in [2.45, 2.75) is 37.5 Å². The van der Waals surface area contributed by atoms with Crippen molar-refractivity contribution in [2.75, 3.05) is 52.9 Å². The van der Waals surface area contributed by atoms with Crippen LogP contribution in [0.4, 0.5) is 0 Å². The highest BCUT2D eigenvalue weighted by atomic mass is 28.4. The smallest absolute Gasteiger partial charge is 0.462 e. The molecule has 4 N–H and O–H groups in total. The first-order valence-electron chi connectivity index (χ1n) is 15.1. The topological polar surface area (TPSA) is 231 Å². The molecule has 1 aliphatic rings. The molecule has 0 aromatic heterocycles. The molecule has 1 saturated carbocycles. The molecule has 0 bridgehead atoms. The van der Waals surface area contributed by atoms with E-state index in [0.717, 1.165) is 30.4 Å². The SMILES string of the molecule is C=CC(=O)OCC(COCC(COC(=O)C=C)(COC(=O)C=C)COC1CC(CC[Si](O)(O)O)CC1O)(COC(=O)C=C)COC(=O)C=C. The van der Waals surface area contributed by atoms with Crippen LogP contribution in [0.2, 0.25) is 6.04 Å². The number of hydrogen-bond acceptors (Lipinski definition) is 16. The van der Waals surface area contributed by atoms with E-state index in [-0.39, 0.29) is 37.8 Å². The van der Waals surface area contributed by atoms with Crippen LogP contribution in [0.1, 0.15) is 19.3 Å². The van der Waals surface area contributed by atoms with E-state index in [1.165, 1.54) is 0 Å². The number of carbonyl (C=O) groups excluding carboxylic acids is 5. The van der Waals surface area contributed by atoms with Gasteiger partial charge in [0.1, 0.15) is 33.0 Å². The fraction of sp³-hybridized carbons (Fsp3) is 0.531. The third kappa shape index (κ3) is 16.8. The Bertz CT molecular complexity index is 1110. The third-order valence-electron chi connectivity index (χ3n) is 7.31. The van der Waals surface area contributed by atoms with Gasteiger partial charge in [0.15, 0.2) is 0 Å². The van der Waals surface area contributed by atoms with E-state index >= 15 is 0 Å². The molecule has 274 valence electrons. The molecule has 3 atom stereocenters. The van der Waals surface area contributed by atoms with Gasteiger partial charge in [-0.25, -0.2) is 24.0 Å². The van der Waals surface area contributed by atoms with Crippen molar-refractivity contribution in [3.8, 4) is 0 Å². The fourth-order valence-electron chi connectivity index (χ4n) is 4.57. The van der Waals surface area contributed by atoms with Crippen molar-refractivity contribution < 1.29 is 76.6 Å². The number of rotatable bonds is 25. The van der Waals surface area contributed by atoms with Gasteiger partial charge < -0.3 is 52.7 Å². The van der Waals surface area contributed by atoms with Crippen LogP contribution in [0, 0.1) is 16.7 Å². The zero-order valence-corrected chi connectivity index (χ0v) is 28.3. The van der Waals surface area contributed by atoms with Crippen LogP contribution >= 0.6 is 0 Å². The first-order chi connectivity index (χ1) is 23.0. The highest BCUT2D eigenvalue weighted by molar-refractivity contribution is 6.56. The van der Waals surface area contributed by atoms with Gasteiger partial charge in [0.2, 0.25) is 0 Å². The number of carbonyl (C=O) groups is 5. The van der Waals surface area contributed by atoms with Crippen molar-refractivity contribution in [2.24, 2.45) is 16.7 Å². The van der Waals surface area contributed by atoms with Gasteiger partial charge in [-0.05, 0) is 25.2 Å². The molecular weight excluding hydrogens is 668 g/mol. The van der Waals surface area contributed by atoms with Crippen molar-refractivity contribution in [1.29, 1.82) is 0 Å². The van der Waals surface area contributed by atoms with Gasteiger partial charge in [-0.1, -0.05) is 32.9 Å². The molecule has 16 nitrogen and oxygen atoms in total. The van der Waals surface area contributed by atoms with Gasteiger partial charge in [0, 0.05) is 36.4 Å². The van der Waals surface area contributed by atoms with Gasteiger partial charge in [-0.2, -0.15) is 0 Å². The number of ether oxygens (including phenoxy) is 7. The normalized spacial score (nSPS) is 17.6. The van der Waals surface area contributed by atoms with Crippen molar-refractivity contribution in [3.05, 3.63) is 63.3 Å². The molecule has 17 heteroatoms. The molecule has 1 rings (SSSR count). The van der Waals surface area contributed by atoms with Crippen molar-refractivity contribution in [1.82, 2.24) is 0 Å². The van der Waals surface area contributed by atoms with Crippen LogP contribution in [0.3, 0.4) is 0 Å². The lowest BCUT2D eigenvalue weighted by atomic mass is 9.90. The van der Waals surface area contributed by atoms with Gasteiger partial charge in [-0.3, -0.25) is 0 Å². The Hall–Kier alpha value is -3.97. The van der Waals surface area contributed by atoms with Crippen molar-refractivity contribution in [3.63, 3.8) is 0 Å². The maximum Gasteiger partial charge on any atom is 0.492 e. The number of hydrogen-bond donors (Lipinski definition) is 4. The minimum absolute atomic E-state index is 0.211. The summed E-state index contributed by atoms with van der Waals surface area (Å²) in [5.74, 6) is -4.40. The van der Waals surface area contributed by atoms with Gasteiger partial charge >= 0.3 is 38.7 Å². The average Bonchev–Trinajstić information content (AvgIpc) is 3.45. The summed E-state index contributed by atoms with van der Waals surface area (Å²) in [6.45, 7) is 13.2. The monoisotopic (exact) mass is 714 g/mol. The molecule has 0 aromatic carbocycles. The molecule has 1 fully saturated rings. The summed E-state index contributed by atoms with van der Waals surface area (Å²) in [6, 6.07) is -0.224. The summed E-state index contributed by atoms with van der Waals surface area (Å²) < 4.78 is 38.3. The predicted molar refractivity (Wildman–Crippen MR) is 172 cm³/mol. The minimum Gasteiger partial charge on any atom is -0.462 e. The molecule has 49 heavy (non-hydrogen) atoms. The molecule has 0 amide bonds. The van der Waals surface area contributed by atoms with Crippen LogP contribution in [-0.2, 0) is 57.1 Å². The average molecular weight is 715 g/mol. The second-order valence-electron chi connectivity index (χ2n) is 11.6. The third-order valence-corrected chi connectivity index (χ3v) is 8.27. The zero-order valence-electron chi connectivity index (χ0n) is 27.3. The standard InChI is InChI=1S/C32H46O16Si/c1-6-26(34)44-18-31(19-45-27(35)7-2,17-43-25-14-23(13-24(25)33)11-12-49(39,40)41)15-42-16-32(20-46-28(36)8-3,21-47-29(37)9-4)22-48-30(38)10-5/h6-10,23-25,33,39-41H,1-5,11-22H2. The molecule has 0 saturated heterocycles. The first kappa shape index (κ1) is 43.0. The summed E-state index contributed by atoms with van der Waals surface area (Å²) in [7, 11) is -4.29. The van der Waals surface area contributed by atoms with E-state index < -0.39 is 108 Å². The molecular formula is C32H46O16Si. The summed E-state index contributed by atoms with van der Waals surface area (Å²) in [5, 5.41) is 10.7. The maximum atomic E-state index is 12.1. The minimum atomic E-state index is -4.29.